The van der Waals surface area contributed by atoms with Crippen LogP contribution in [0.15, 0.2) is 48.8 Å². The van der Waals surface area contributed by atoms with Gasteiger partial charge in [-0.2, -0.15) is 0 Å². The molecule has 1 aromatic carbocycles. The van der Waals surface area contributed by atoms with Crippen LogP contribution in [-0.4, -0.2) is 40.1 Å². The van der Waals surface area contributed by atoms with Gasteiger partial charge in [0.1, 0.15) is 11.6 Å². The number of amides is 2. The maximum atomic E-state index is 13.8. The van der Waals surface area contributed by atoms with Crippen molar-refractivity contribution in [3.05, 3.63) is 65.5 Å². The first-order chi connectivity index (χ1) is 15.8. The van der Waals surface area contributed by atoms with E-state index in [-0.39, 0.29) is 11.9 Å². The molecule has 2 fully saturated rings. The summed E-state index contributed by atoms with van der Waals surface area (Å²) in [4.78, 5) is 32.6. The molecular weight excluding hydrogens is 414 g/mol. The van der Waals surface area contributed by atoms with E-state index in [1.54, 1.807) is 6.20 Å². The van der Waals surface area contributed by atoms with Crippen molar-refractivity contribution in [2.45, 2.75) is 82.9 Å². The largest absolute Gasteiger partial charge is 0.444 e. The number of benzene rings is 1. The van der Waals surface area contributed by atoms with Crippen LogP contribution in [0, 0.1) is 0 Å². The summed E-state index contributed by atoms with van der Waals surface area (Å²) in [6.45, 7) is 6.14. The van der Waals surface area contributed by atoms with E-state index in [1.807, 2.05) is 44.0 Å². The Kier molecular flexibility index (Phi) is 7.01. The zero-order valence-electron chi connectivity index (χ0n) is 19.9. The average molecular weight is 450 g/mol. The Balaban J connectivity index is 1.54. The summed E-state index contributed by atoms with van der Waals surface area (Å²) in [6.07, 6.45) is 8.88. The van der Waals surface area contributed by atoms with Gasteiger partial charge < -0.3 is 15.0 Å². The highest BCUT2D eigenvalue weighted by Gasteiger charge is 2.34. The number of alkyl carbamates (subject to hydrolysis) is 1. The summed E-state index contributed by atoms with van der Waals surface area (Å²) in [5.74, 6) is 0.616. The van der Waals surface area contributed by atoms with E-state index in [4.69, 9.17) is 4.74 Å². The monoisotopic (exact) mass is 449 g/mol. The van der Waals surface area contributed by atoms with Crippen LogP contribution < -0.4 is 5.32 Å². The van der Waals surface area contributed by atoms with Crippen molar-refractivity contribution >= 4 is 12.0 Å². The first kappa shape index (κ1) is 23.3. The lowest BCUT2D eigenvalue weighted by Gasteiger charge is -2.38. The zero-order chi connectivity index (χ0) is 23.4. The first-order valence-electron chi connectivity index (χ1n) is 12.1. The molecule has 1 N–H and O–H groups in total. The predicted octanol–water partition coefficient (Wildman–Crippen LogP) is 5.15. The molecule has 2 amide bonds. The van der Waals surface area contributed by atoms with Crippen LogP contribution in [0.3, 0.4) is 0 Å². The summed E-state index contributed by atoms with van der Waals surface area (Å²) < 4.78 is 5.48. The summed E-state index contributed by atoms with van der Waals surface area (Å²) in [5, 5.41) is 2.87. The Bertz CT molecular complexity index is 949. The van der Waals surface area contributed by atoms with E-state index in [0.29, 0.717) is 18.9 Å². The third kappa shape index (κ3) is 6.34. The number of nitrogens with one attached hydrogen (secondary N) is 1. The number of nitrogens with zero attached hydrogens (tertiary/aromatic N) is 2. The van der Waals surface area contributed by atoms with Gasteiger partial charge in [-0.05, 0) is 81.5 Å². The lowest BCUT2D eigenvalue weighted by Crippen LogP contribution is -2.52. The molecule has 1 saturated carbocycles. The van der Waals surface area contributed by atoms with Crippen molar-refractivity contribution in [3.8, 4) is 0 Å². The van der Waals surface area contributed by atoms with E-state index in [0.717, 1.165) is 30.4 Å². The summed E-state index contributed by atoms with van der Waals surface area (Å²) in [6, 6.07) is 11.7. The molecule has 0 unspecified atom stereocenters. The number of carbonyl (C=O) groups excluding carboxylic acids is 2. The number of ether oxygens (including phenoxy) is 1. The van der Waals surface area contributed by atoms with Gasteiger partial charge in [0.05, 0.1) is 6.04 Å². The molecule has 2 heterocycles. The summed E-state index contributed by atoms with van der Waals surface area (Å²) >= 11 is 0. The maximum absolute atomic E-state index is 13.8. The van der Waals surface area contributed by atoms with Crippen LogP contribution in [0.2, 0.25) is 0 Å². The molecule has 1 aliphatic heterocycles. The van der Waals surface area contributed by atoms with Crippen molar-refractivity contribution in [2.24, 2.45) is 0 Å². The van der Waals surface area contributed by atoms with Crippen molar-refractivity contribution < 1.29 is 14.3 Å². The Morgan fingerprint density at radius 3 is 2.48 bits per heavy atom. The number of piperidine rings is 1. The van der Waals surface area contributed by atoms with E-state index in [9.17, 15) is 9.59 Å². The minimum absolute atomic E-state index is 0.0277. The van der Waals surface area contributed by atoms with E-state index in [1.165, 1.54) is 18.4 Å². The number of pyridine rings is 1. The summed E-state index contributed by atoms with van der Waals surface area (Å²) in [7, 11) is 0. The molecule has 1 saturated heterocycles. The fourth-order valence-corrected chi connectivity index (χ4v) is 4.54. The van der Waals surface area contributed by atoms with Crippen LogP contribution in [0.25, 0.3) is 0 Å². The van der Waals surface area contributed by atoms with Gasteiger partial charge >= 0.3 is 6.09 Å². The standard InChI is InChI=1S/C27H35N3O3/c1-27(2,3)33-26(32)29-23(17-19-9-11-20(12-10-19)21-13-14-21)25(31)30-16-5-4-8-24(30)22-7-6-15-28-18-22/h6-7,9-12,15,18,21,23-24H,4-5,8,13-14,16-17H2,1-3H3,(H,29,32)/t23-,24+/m0/s1. The second-order valence-electron chi connectivity index (χ2n) is 10.2. The van der Waals surface area contributed by atoms with E-state index < -0.39 is 17.7 Å². The molecule has 0 spiro atoms. The molecule has 0 radical (unpaired) electrons. The fraction of sp³-hybridized carbons (Fsp3) is 0.519. The molecule has 1 aromatic heterocycles. The quantitative estimate of drug-likeness (QED) is 0.662. The number of likely N-dealkylation sites (tertiary alicyclic amines) is 1. The number of rotatable bonds is 6. The first-order valence-corrected chi connectivity index (χ1v) is 12.1. The van der Waals surface area contributed by atoms with Crippen molar-refractivity contribution in [1.29, 1.82) is 0 Å². The maximum Gasteiger partial charge on any atom is 0.408 e. The highest BCUT2D eigenvalue weighted by atomic mass is 16.6. The minimum atomic E-state index is -0.691. The SMILES string of the molecule is CC(C)(C)OC(=O)N[C@@H](Cc1ccc(C2CC2)cc1)C(=O)N1CCCC[C@@H]1c1cccnc1. The molecule has 176 valence electrons. The third-order valence-electron chi connectivity index (χ3n) is 6.31. The van der Waals surface area contributed by atoms with Gasteiger partial charge in [0.2, 0.25) is 5.91 Å². The predicted molar refractivity (Wildman–Crippen MR) is 128 cm³/mol. The number of carbonyl (C=O) groups is 2. The topological polar surface area (TPSA) is 71.5 Å². The zero-order valence-corrected chi connectivity index (χ0v) is 19.9. The number of hydrogen-bond acceptors (Lipinski definition) is 4. The van der Waals surface area contributed by atoms with Gasteiger partial charge in [-0.25, -0.2) is 4.79 Å². The van der Waals surface area contributed by atoms with Gasteiger partial charge in [-0.3, -0.25) is 9.78 Å². The molecule has 6 nitrogen and oxygen atoms in total. The Morgan fingerprint density at radius 1 is 1.09 bits per heavy atom. The van der Waals surface area contributed by atoms with Crippen molar-refractivity contribution in [2.75, 3.05) is 6.54 Å². The normalized spacial score (nSPS) is 19.6. The summed E-state index contributed by atoms with van der Waals surface area (Å²) in [5.41, 5.74) is 2.79. The van der Waals surface area contributed by atoms with Crippen LogP contribution in [0.1, 0.15) is 81.5 Å². The smallest absolute Gasteiger partial charge is 0.408 e. The van der Waals surface area contributed by atoms with Crippen LogP contribution in [-0.2, 0) is 16.0 Å². The number of hydrogen-bond donors (Lipinski definition) is 1. The van der Waals surface area contributed by atoms with Gasteiger partial charge in [0.15, 0.2) is 0 Å². The highest BCUT2D eigenvalue weighted by Crippen LogP contribution is 2.40. The average Bonchev–Trinajstić information content (AvgIpc) is 3.63. The van der Waals surface area contributed by atoms with Crippen LogP contribution >= 0.6 is 0 Å². The van der Waals surface area contributed by atoms with Crippen molar-refractivity contribution in [1.82, 2.24) is 15.2 Å². The molecule has 2 atom stereocenters. The second-order valence-corrected chi connectivity index (χ2v) is 10.2. The molecule has 4 rings (SSSR count). The van der Waals surface area contributed by atoms with E-state index >= 15 is 0 Å². The Labute approximate surface area is 196 Å². The van der Waals surface area contributed by atoms with E-state index in [2.05, 4.69) is 34.6 Å². The Morgan fingerprint density at radius 2 is 1.85 bits per heavy atom. The van der Waals surface area contributed by atoms with Crippen LogP contribution in [0.4, 0.5) is 4.79 Å². The molecule has 0 bridgehead atoms. The fourth-order valence-electron chi connectivity index (χ4n) is 4.54. The Hall–Kier alpha value is -2.89. The van der Waals surface area contributed by atoms with Crippen molar-refractivity contribution in [3.63, 3.8) is 0 Å². The van der Waals surface area contributed by atoms with Gasteiger partial charge in [0.25, 0.3) is 0 Å². The lowest BCUT2D eigenvalue weighted by atomic mass is 9.94. The molecular formula is C27H35N3O3. The molecule has 6 heteroatoms. The minimum Gasteiger partial charge on any atom is -0.444 e. The third-order valence-corrected chi connectivity index (χ3v) is 6.31. The van der Waals surface area contributed by atoms with Crippen LogP contribution in [0.5, 0.6) is 0 Å². The second kappa shape index (κ2) is 9.94. The molecule has 33 heavy (non-hydrogen) atoms. The number of aromatic nitrogens is 1. The lowest BCUT2D eigenvalue weighted by molar-refractivity contribution is -0.137. The molecule has 2 aliphatic rings. The van der Waals surface area contributed by atoms with Gasteiger partial charge in [-0.15, -0.1) is 0 Å². The highest BCUT2D eigenvalue weighted by molar-refractivity contribution is 5.86. The van der Waals surface area contributed by atoms with Gasteiger partial charge in [-0.1, -0.05) is 30.3 Å². The molecule has 1 aliphatic carbocycles. The molecule has 2 aromatic rings. The van der Waals surface area contributed by atoms with Gasteiger partial charge in [0, 0.05) is 25.4 Å².